The summed E-state index contributed by atoms with van der Waals surface area (Å²) in [6, 6.07) is 18.4. The van der Waals surface area contributed by atoms with E-state index in [-0.39, 0.29) is 12.4 Å². The molecular weight excluding hydrogens is 439 g/mol. The van der Waals surface area contributed by atoms with Gasteiger partial charge < -0.3 is 14.7 Å². The van der Waals surface area contributed by atoms with Crippen LogP contribution in [0.1, 0.15) is 48.3 Å². The monoisotopic (exact) mass is 463 g/mol. The van der Waals surface area contributed by atoms with E-state index in [2.05, 4.69) is 15.0 Å². The Morgan fingerprint density at radius 2 is 1.51 bits per heavy atom. The largest absolute Gasteiger partial charge is 0.369 e. The average molecular weight is 464 g/mol. The number of rotatable bonds is 4. The van der Waals surface area contributed by atoms with Crippen LogP contribution in [0.4, 0.5) is 4.39 Å². The summed E-state index contributed by atoms with van der Waals surface area (Å²) in [6.45, 7) is 2.14. The molecule has 2 aliphatic rings. The van der Waals surface area contributed by atoms with Crippen molar-refractivity contribution in [2.24, 2.45) is 0 Å². The molecule has 4 aromatic rings. The predicted octanol–water partition coefficient (Wildman–Crippen LogP) is 7.07. The molecule has 2 aliphatic heterocycles. The fourth-order valence-corrected chi connectivity index (χ4v) is 4.22. The number of hydrogen-bond donors (Lipinski definition) is 2. The number of aromatic nitrogens is 4. The van der Waals surface area contributed by atoms with Gasteiger partial charge in [-0.2, -0.15) is 0 Å². The minimum Gasteiger partial charge on any atom is -0.369 e. The number of aromatic amines is 2. The highest BCUT2D eigenvalue weighted by Gasteiger charge is 2.12. The van der Waals surface area contributed by atoms with Crippen molar-refractivity contribution < 1.29 is 10.5 Å². The molecule has 6 heteroatoms. The van der Waals surface area contributed by atoms with Gasteiger partial charge in [-0.3, -0.25) is 0 Å². The molecule has 2 N–H and O–H groups in total. The quantitative estimate of drug-likeness (QED) is 0.294. The Morgan fingerprint density at radius 3 is 2.26 bits per heavy atom. The smallest absolute Gasteiger partial charge is 0.123 e. The van der Waals surface area contributed by atoms with Gasteiger partial charge in [0.15, 0.2) is 0 Å². The maximum Gasteiger partial charge on any atom is 0.123 e. The maximum atomic E-state index is 13.6. The summed E-state index contributed by atoms with van der Waals surface area (Å²) < 4.78 is 28.6. The SMILES string of the molecule is [2H]c1c(C(C)OCc2cccc(F)c2)c2cc3nc(cc4nc(cc5ccc(cc1[nH]2)[nH]5)C=C4)C=C3. The van der Waals surface area contributed by atoms with Crippen molar-refractivity contribution in [1.82, 2.24) is 19.9 Å². The third-order valence-corrected chi connectivity index (χ3v) is 5.91. The second-order valence-corrected chi connectivity index (χ2v) is 8.61. The van der Waals surface area contributed by atoms with Crippen LogP contribution in [0.5, 0.6) is 0 Å². The normalized spacial score (nSPS) is 13.7. The van der Waals surface area contributed by atoms with Crippen molar-refractivity contribution in [2.75, 3.05) is 0 Å². The minimum atomic E-state index is -0.410. The lowest BCUT2D eigenvalue weighted by Gasteiger charge is -2.12. The van der Waals surface area contributed by atoms with Crippen LogP contribution in [0.15, 0.2) is 66.7 Å². The van der Waals surface area contributed by atoms with Crippen molar-refractivity contribution in [3.63, 3.8) is 0 Å². The first-order valence-corrected chi connectivity index (χ1v) is 11.4. The van der Waals surface area contributed by atoms with Gasteiger partial charge in [0, 0.05) is 27.6 Å². The summed E-state index contributed by atoms with van der Waals surface area (Å²) in [5, 5.41) is 0. The van der Waals surface area contributed by atoms with Crippen molar-refractivity contribution in [3.8, 4) is 0 Å². The highest BCUT2D eigenvalue weighted by molar-refractivity contribution is 5.78. The predicted molar refractivity (Wildman–Crippen MR) is 138 cm³/mol. The van der Waals surface area contributed by atoms with E-state index in [1.54, 1.807) is 6.07 Å². The number of halogens is 1. The van der Waals surface area contributed by atoms with Crippen LogP contribution in [0, 0.1) is 5.82 Å². The van der Waals surface area contributed by atoms with Crippen molar-refractivity contribution in [1.29, 1.82) is 0 Å². The molecule has 1 aromatic carbocycles. The molecule has 8 bridgehead atoms. The first-order chi connectivity index (χ1) is 17.5. The van der Waals surface area contributed by atoms with Gasteiger partial charge in [-0.1, -0.05) is 12.1 Å². The number of fused-ring (bicyclic) bond motifs is 8. The highest BCUT2D eigenvalue weighted by Crippen LogP contribution is 2.26. The summed E-state index contributed by atoms with van der Waals surface area (Å²) in [7, 11) is 0. The Labute approximate surface area is 203 Å². The molecule has 0 fully saturated rings. The number of H-pyrrole nitrogens is 2. The second-order valence-electron chi connectivity index (χ2n) is 8.61. The minimum absolute atomic E-state index is 0.236. The van der Waals surface area contributed by atoms with E-state index in [9.17, 15) is 4.39 Å². The number of nitrogens with one attached hydrogen (secondary N) is 2. The fraction of sp³-hybridized carbons (Fsp3) is 0.103. The molecule has 6 rings (SSSR count). The molecule has 0 saturated heterocycles. The van der Waals surface area contributed by atoms with E-state index >= 15 is 0 Å². The zero-order chi connectivity index (χ0) is 24.6. The lowest BCUT2D eigenvalue weighted by molar-refractivity contribution is 0.0534. The van der Waals surface area contributed by atoms with Crippen LogP contribution in [-0.4, -0.2) is 19.9 Å². The molecule has 172 valence electrons. The van der Waals surface area contributed by atoms with E-state index < -0.39 is 6.10 Å². The zero-order valence-electron chi connectivity index (χ0n) is 20.0. The molecule has 0 saturated carbocycles. The molecule has 3 aromatic heterocycles. The molecule has 0 aliphatic carbocycles. The molecule has 1 unspecified atom stereocenters. The molecule has 35 heavy (non-hydrogen) atoms. The summed E-state index contributed by atoms with van der Waals surface area (Å²) in [4.78, 5) is 16.1. The van der Waals surface area contributed by atoms with Crippen molar-refractivity contribution in [2.45, 2.75) is 19.6 Å². The standard InChI is InChI=1S/C29H23FN4O/c1-18(35-17-19-3-2-4-20(30)11-19)28-15-27-14-25-8-7-23(32-25)12-21-5-6-22(31-21)13-24-9-10-26(33-24)16-29(28)34-27/h2-16,18,32,34H,17H2,1H3/i15D. The van der Waals surface area contributed by atoms with Gasteiger partial charge in [-0.05, 0) is 91.4 Å². The Kier molecular flexibility index (Phi) is 5.07. The lowest BCUT2D eigenvalue weighted by Crippen LogP contribution is -2.00. The Bertz CT molecular complexity index is 1700. The van der Waals surface area contributed by atoms with Crippen LogP contribution in [0.25, 0.3) is 46.4 Å². The number of ether oxygens (including phenoxy) is 1. The topological polar surface area (TPSA) is 66.6 Å². The first-order valence-electron chi connectivity index (χ1n) is 11.9. The van der Waals surface area contributed by atoms with Crippen molar-refractivity contribution in [3.05, 3.63) is 106 Å². The van der Waals surface area contributed by atoms with Gasteiger partial charge >= 0.3 is 0 Å². The second kappa shape index (κ2) is 8.81. The number of nitrogens with zero attached hydrogens (tertiary/aromatic N) is 2. The number of benzene rings is 1. The van der Waals surface area contributed by atoms with Crippen LogP contribution < -0.4 is 0 Å². The van der Waals surface area contributed by atoms with Crippen LogP contribution >= 0.6 is 0 Å². The molecule has 0 radical (unpaired) electrons. The van der Waals surface area contributed by atoms with Crippen molar-refractivity contribution >= 4 is 46.4 Å². The maximum absolute atomic E-state index is 13.6. The van der Waals surface area contributed by atoms with Gasteiger partial charge in [0.05, 0.1) is 36.9 Å². The molecule has 1 atom stereocenters. The highest BCUT2D eigenvalue weighted by atomic mass is 19.1. The Morgan fingerprint density at radius 1 is 0.829 bits per heavy atom. The molecule has 0 amide bonds. The summed E-state index contributed by atoms with van der Waals surface area (Å²) in [5.41, 5.74) is 7.92. The van der Waals surface area contributed by atoms with Crippen LogP contribution in [0.2, 0.25) is 0 Å². The van der Waals surface area contributed by atoms with E-state index in [1.807, 2.05) is 73.7 Å². The first kappa shape index (κ1) is 20.1. The fourth-order valence-electron chi connectivity index (χ4n) is 4.22. The van der Waals surface area contributed by atoms with Gasteiger partial charge in [-0.15, -0.1) is 0 Å². The average Bonchev–Trinajstić information content (AvgIpc) is 3.63. The third kappa shape index (κ3) is 4.69. The summed E-state index contributed by atoms with van der Waals surface area (Å²) in [5.74, 6) is -0.299. The number of hydrogen-bond acceptors (Lipinski definition) is 3. The van der Waals surface area contributed by atoms with Gasteiger partial charge in [0.2, 0.25) is 0 Å². The molecule has 5 heterocycles. The van der Waals surface area contributed by atoms with E-state index in [0.29, 0.717) is 11.6 Å². The van der Waals surface area contributed by atoms with Gasteiger partial charge in [0.25, 0.3) is 0 Å². The lowest BCUT2D eigenvalue weighted by atomic mass is 10.1. The molecule has 0 spiro atoms. The zero-order valence-corrected chi connectivity index (χ0v) is 19.0. The molecular formula is C29H23FN4O. The molecule has 5 nitrogen and oxygen atoms in total. The van der Waals surface area contributed by atoms with Crippen LogP contribution in [-0.2, 0) is 11.3 Å². The summed E-state index contributed by atoms with van der Waals surface area (Å²) in [6.07, 6.45) is 7.41. The van der Waals surface area contributed by atoms with E-state index in [0.717, 1.165) is 50.5 Å². The summed E-state index contributed by atoms with van der Waals surface area (Å²) >= 11 is 0. The van der Waals surface area contributed by atoms with E-state index in [1.165, 1.54) is 12.1 Å². The Hall–Kier alpha value is -4.29. The third-order valence-electron chi connectivity index (χ3n) is 5.91. The van der Waals surface area contributed by atoms with Gasteiger partial charge in [-0.25, -0.2) is 14.4 Å². The van der Waals surface area contributed by atoms with Gasteiger partial charge in [0.1, 0.15) is 5.82 Å². The Balaban J connectivity index is 1.51. The van der Waals surface area contributed by atoms with E-state index in [4.69, 9.17) is 11.1 Å². The van der Waals surface area contributed by atoms with Crippen LogP contribution in [0.3, 0.4) is 0 Å².